The number of rotatable bonds is 4. The zero-order chi connectivity index (χ0) is 11.4. The van der Waals surface area contributed by atoms with Gasteiger partial charge in [-0.3, -0.25) is 4.90 Å². The van der Waals surface area contributed by atoms with E-state index in [-0.39, 0.29) is 6.10 Å². The van der Waals surface area contributed by atoms with Crippen molar-refractivity contribution in [3.8, 4) is 12.3 Å². The lowest BCUT2D eigenvalue weighted by Gasteiger charge is -2.31. The minimum absolute atomic E-state index is 0.0433. The first kappa shape index (κ1) is 12.0. The first-order chi connectivity index (χ1) is 7.83. The predicted octanol–water partition coefficient (Wildman–Crippen LogP) is 2.03. The van der Waals surface area contributed by atoms with Crippen molar-refractivity contribution in [2.45, 2.75) is 57.1 Å². The lowest BCUT2D eigenvalue weighted by atomic mass is 9.94. The summed E-state index contributed by atoms with van der Waals surface area (Å²) < 4.78 is 0. The molecule has 1 aliphatic carbocycles. The number of unbranched alkanes of at least 4 members (excludes halogenated alkanes) is 1. The summed E-state index contributed by atoms with van der Waals surface area (Å²) >= 11 is 0. The van der Waals surface area contributed by atoms with Gasteiger partial charge in [0.1, 0.15) is 0 Å². The van der Waals surface area contributed by atoms with Gasteiger partial charge in [-0.05, 0) is 45.2 Å². The Bertz CT molecular complexity index is 258. The van der Waals surface area contributed by atoms with Crippen molar-refractivity contribution in [2.75, 3.05) is 13.1 Å². The van der Waals surface area contributed by atoms with Crippen LogP contribution in [-0.2, 0) is 0 Å². The largest absolute Gasteiger partial charge is 0.393 e. The summed E-state index contributed by atoms with van der Waals surface area (Å²) in [6.45, 7) is 2.33. The van der Waals surface area contributed by atoms with Crippen LogP contribution >= 0.6 is 0 Å². The number of nitrogens with zero attached hydrogens (tertiary/aromatic N) is 1. The van der Waals surface area contributed by atoms with Gasteiger partial charge in [0.15, 0.2) is 0 Å². The molecule has 0 aromatic carbocycles. The molecule has 0 amide bonds. The molecule has 2 fully saturated rings. The first-order valence-electron chi connectivity index (χ1n) is 6.68. The zero-order valence-electron chi connectivity index (χ0n) is 10.1. The molecule has 2 nitrogen and oxygen atoms in total. The molecule has 1 saturated carbocycles. The highest BCUT2D eigenvalue weighted by Crippen LogP contribution is 2.35. The SMILES string of the molecule is C#CCCCN1CCCC1C1CCCC1O. The second-order valence-electron chi connectivity index (χ2n) is 5.22. The Balaban J connectivity index is 1.85. The van der Waals surface area contributed by atoms with Crippen molar-refractivity contribution in [3.63, 3.8) is 0 Å². The van der Waals surface area contributed by atoms with Gasteiger partial charge in [-0.2, -0.15) is 0 Å². The average Bonchev–Trinajstić information content (AvgIpc) is 2.87. The van der Waals surface area contributed by atoms with Gasteiger partial charge in [0.25, 0.3) is 0 Å². The fourth-order valence-electron chi connectivity index (χ4n) is 3.42. The molecular formula is C14H23NO. The minimum Gasteiger partial charge on any atom is -0.393 e. The lowest BCUT2D eigenvalue weighted by Crippen LogP contribution is -2.39. The summed E-state index contributed by atoms with van der Waals surface area (Å²) in [6.07, 6.45) is 13.2. The molecule has 0 aromatic rings. The van der Waals surface area contributed by atoms with E-state index in [1.807, 2.05) is 0 Å². The first-order valence-corrected chi connectivity index (χ1v) is 6.68. The fourth-order valence-corrected chi connectivity index (χ4v) is 3.42. The van der Waals surface area contributed by atoms with E-state index in [4.69, 9.17) is 6.42 Å². The smallest absolute Gasteiger partial charge is 0.0583 e. The van der Waals surface area contributed by atoms with Gasteiger partial charge in [0.2, 0.25) is 0 Å². The van der Waals surface area contributed by atoms with Crippen molar-refractivity contribution >= 4 is 0 Å². The molecule has 0 bridgehead atoms. The standard InChI is InChI=1S/C14H23NO/c1-2-3-4-10-15-11-6-8-13(15)12-7-5-9-14(12)16/h1,12-14,16H,3-11H2. The quantitative estimate of drug-likeness (QED) is 0.580. The van der Waals surface area contributed by atoms with Crippen LogP contribution in [0.15, 0.2) is 0 Å². The van der Waals surface area contributed by atoms with E-state index >= 15 is 0 Å². The van der Waals surface area contributed by atoms with E-state index in [9.17, 15) is 5.11 Å². The molecule has 0 aromatic heterocycles. The maximum atomic E-state index is 9.98. The molecule has 2 aliphatic rings. The number of aliphatic hydroxyl groups is 1. The highest BCUT2D eigenvalue weighted by Gasteiger charge is 2.37. The Labute approximate surface area is 99.0 Å². The summed E-state index contributed by atoms with van der Waals surface area (Å²) in [6, 6.07) is 0.635. The summed E-state index contributed by atoms with van der Waals surface area (Å²) in [4.78, 5) is 2.57. The Morgan fingerprint density at radius 3 is 2.81 bits per heavy atom. The maximum absolute atomic E-state index is 9.98. The van der Waals surface area contributed by atoms with E-state index in [1.165, 1.54) is 32.2 Å². The molecule has 2 rings (SSSR count). The number of terminal acetylenes is 1. The molecule has 2 heteroatoms. The van der Waals surface area contributed by atoms with Crippen LogP contribution in [0.1, 0.15) is 44.9 Å². The predicted molar refractivity (Wildman–Crippen MR) is 66.0 cm³/mol. The maximum Gasteiger partial charge on any atom is 0.0583 e. The molecule has 0 radical (unpaired) electrons. The van der Waals surface area contributed by atoms with E-state index in [0.29, 0.717) is 12.0 Å². The van der Waals surface area contributed by atoms with Crippen LogP contribution in [0.3, 0.4) is 0 Å². The summed E-state index contributed by atoms with van der Waals surface area (Å²) in [5.41, 5.74) is 0. The molecule has 1 saturated heterocycles. The van der Waals surface area contributed by atoms with Gasteiger partial charge in [-0.25, -0.2) is 0 Å². The molecule has 90 valence electrons. The lowest BCUT2D eigenvalue weighted by molar-refractivity contribution is 0.0744. The van der Waals surface area contributed by atoms with Gasteiger partial charge in [-0.15, -0.1) is 12.3 Å². The molecule has 1 heterocycles. The van der Waals surface area contributed by atoms with Crippen LogP contribution in [0.5, 0.6) is 0 Å². The van der Waals surface area contributed by atoms with Crippen molar-refractivity contribution in [3.05, 3.63) is 0 Å². The van der Waals surface area contributed by atoms with Gasteiger partial charge in [0.05, 0.1) is 6.10 Å². The molecular weight excluding hydrogens is 198 g/mol. The summed E-state index contributed by atoms with van der Waals surface area (Å²) in [5, 5.41) is 9.98. The molecule has 1 N–H and O–H groups in total. The van der Waals surface area contributed by atoms with Crippen molar-refractivity contribution in [2.24, 2.45) is 5.92 Å². The normalized spacial score (nSPS) is 35.4. The number of likely N-dealkylation sites (tertiary alicyclic amines) is 1. The molecule has 1 aliphatic heterocycles. The Kier molecular flexibility index (Phi) is 4.26. The molecule has 3 unspecified atom stereocenters. The van der Waals surface area contributed by atoms with Gasteiger partial charge in [-0.1, -0.05) is 6.42 Å². The van der Waals surface area contributed by atoms with E-state index in [0.717, 1.165) is 25.8 Å². The van der Waals surface area contributed by atoms with Crippen molar-refractivity contribution < 1.29 is 5.11 Å². The number of aliphatic hydroxyl groups excluding tert-OH is 1. The van der Waals surface area contributed by atoms with Gasteiger partial charge in [0, 0.05) is 18.4 Å². The third-order valence-corrected chi connectivity index (χ3v) is 4.21. The van der Waals surface area contributed by atoms with Crippen LogP contribution in [0, 0.1) is 18.3 Å². The highest BCUT2D eigenvalue weighted by atomic mass is 16.3. The number of hydrogen-bond donors (Lipinski definition) is 1. The van der Waals surface area contributed by atoms with Crippen molar-refractivity contribution in [1.82, 2.24) is 4.90 Å². The van der Waals surface area contributed by atoms with Crippen molar-refractivity contribution in [1.29, 1.82) is 0 Å². The summed E-state index contributed by atoms with van der Waals surface area (Å²) in [7, 11) is 0. The fraction of sp³-hybridized carbons (Fsp3) is 0.857. The van der Waals surface area contributed by atoms with Crippen LogP contribution in [0.25, 0.3) is 0 Å². The number of hydrogen-bond acceptors (Lipinski definition) is 2. The van der Waals surface area contributed by atoms with Crippen LogP contribution in [0.2, 0.25) is 0 Å². The zero-order valence-corrected chi connectivity index (χ0v) is 10.1. The molecule has 0 spiro atoms. The van der Waals surface area contributed by atoms with Gasteiger partial charge >= 0.3 is 0 Å². The van der Waals surface area contributed by atoms with E-state index in [2.05, 4.69) is 10.8 Å². The minimum atomic E-state index is -0.0433. The Morgan fingerprint density at radius 1 is 1.25 bits per heavy atom. The highest BCUT2D eigenvalue weighted by molar-refractivity contribution is 4.92. The molecule has 3 atom stereocenters. The monoisotopic (exact) mass is 221 g/mol. The third-order valence-electron chi connectivity index (χ3n) is 4.21. The Hall–Kier alpha value is -0.520. The molecule has 16 heavy (non-hydrogen) atoms. The topological polar surface area (TPSA) is 23.5 Å². The van der Waals surface area contributed by atoms with Crippen LogP contribution in [0.4, 0.5) is 0 Å². The van der Waals surface area contributed by atoms with Crippen LogP contribution in [-0.4, -0.2) is 35.2 Å². The van der Waals surface area contributed by atoms with E-state index in [1.54, 1.807) is 0 Å². The van der Waals surface area contributed by atoms with Crippen LogP contribution < -0.4 is 0 Å². The third kappa shape index (κ3) is 2.59. The van der Waals surface area contributed by atoms with Gasteiger partial charge < -0.3 is 5.11 Å². The second-order valence-corrected chi connectivity index (χ2v) is 5.22. The van der Waals surface area contributed by atoms with E-state index < -0.39 is 0 Å². The second kappa shape index (κ2) is 5.70. The Morgan fingerprint density at radius 2 is 2.12 bits per heavy atom. The average molecular weight is 221 g/mol. The summed E-state index contributed by atoms with van der Waals surface area (Å²) in [5.74, 6) is 3.24.